The second-order valence-corrected chi connectivity index (χ2v) is 9.09. The van der Waals surface area contributed by atoms with Gasteiger partial charge in [-0.05, 0) is 106 Å². The van der Waals surface area contributed by atoms with Gasteiger partial charge in [0.05, 0.1) is 5.52 Å². The number of piperidine rings is 1. The van der Waals surface area contributed by atoms with E-state index in [-0.39, 0.29) is 23.8 Å². The molecule has 4 nitrogen and oxygen atoms in total. The van der Waals surface area contributed by atoms with Gasteiger partial charge in [-0.2, -0.15) is 0 Å². The summed E-state index contributed by atoms with van der Waals surface area (Å²) in [6.45, 7) is 9.88. The molecule has 2 aromatic carbocycles. The summed E-state index contributed by atoms with van der Waals surface area (Å²) in [5.41, 5.74) is 4.59. The van der Waals surface area contributed by atoms with Crippen molar-refractivity contribution in [3.05, 3.63) is 59.5 Å². The molecular formula is C27H31FN2O2. The van der Waals surface area contributed by atoms with Crippen molar-refractivity contribution in [2.45, 2.75) is 72.1 Å². The first-order valence-electron chi connectivity index (χ1n) is 11.4. The smallest absolute Gasteiger partial charge is 0.263 e. The van der Waals surface area contributed by atoms with Gasteiger partial charge in [0, 0.05) is 29.7 Å². The van der Waals surface area contributed by atoms with Gasteiger partial charge in [-0.1, -0.05) is 0 Å². The minimum Gasteiger partial charge on any atom is -0.481 e. The molecule has 5 heteroatoms. The van der Waals surface area contributed by atoms with Crippen molar-refractivity contribution in [2.75, 3.05) is 0 Å². The fourth-order valence-electron chi connectivity index (χ4n) is 5.07. The highest BCUT2D eigenvalue weighted by atomic mass is 19.1. The summed E-state index contributed by atoms with van der Waals surface area (Å²) in [7, 11) is 0. The van der Waals surface area contributed by atoms with E-state index in [2.05, 4.69) is 18.8 Å². The minimum atomic E-state index is -0.569. The van der Waals surface area contributed by atoms with E-state index in [1.165, 1.54) is 0 Å². The van der Waals surface area contributed by atoms with Gasteiger partial charge in [-0.3, -0.25) is 9.78 Å². The van der Waals surface area contributed by atoms with Crippen LogP contribution in [0, 0.1) is 19.7 Å². The van der Waals surface area contributed by atoms with Crippen LogP contribution in [0.1, 0.15) is 51.2 Å². The molecule has 2 unspecified atom stereocenters. The van der Waals surface area contributed by atoms with Crippen LogP contribution in [-0.2, 0) is 4.79 Å². The van der Waals surface area contributed by atoms with Gasteiger partial charge >= 0.3 is 0 Å². The molecule has 4 rings (SSSR count). The lowest BCUT2D eigenvalue weighted by Crippen LogP contribution is -2.51. The van der Waals surface area contributed by atoms with E-state index in [1.54, 1.807) is 18.3 Å². The quantitative estimate of drug-likeness (QED) is 0.490. The van der Waals surface area contributed by atoms with Gasteiger partial charge in [0.15, 0.2) is 6.10 Å². The van der Waals surface area contributed by atoms with Gasteiger partial charge in [0.25, 0.3) is 5.91 Å². The number of carbonyl (C=O) groups is 1. The number of ether oxygens (including phenoxy) is 1. The lowest BCUT2D eigenvalue weighted by atomic mass is 9.93. The number of aryl methyl sites for hydroxylation is 2. The number of pyridine rings is 1. The summed E-state index contributed by atoms with van der Waals surface area (Å²) in [5, 5.41) is 0.968. The van der Waals surface area contributed by atoms with E-state index in [0.29, 0.717) is 5.75 Å². The van der Waals surface area contributed by atoms with Crippen LogP contribution in [0.2, 0.25) is 0 Å². The molecule has 1 aliphatic heterocycles. The lowest BCUT2D eigenvalue weighted by Gasteiger charge is -2.40. The Morgan fingerprint density at radius 1 is 1.09 bits per heavy atom. The summed E-state index contributed by atoms with van der Waals surface area (Å²) in [5.74, 6) is 0.422. The molecule has 1 aliphatic rings. The first-order valence-corrected chi connectivity index (χ1v) is 11.4. The number of likely N-dealkylation sites (tertiary alicyclic amines) is 1. The van der Waals surface area contributed by atoms with Crippen molar-refractivity contribution in [1.82, 2.24) is 9.88 Å². The van der Waals surface area contributed by atoms with Crippen molar-refractivity contribution in [3.63, 3.8) is 0 Å². The fraction of sp³-hybridized carbons (Fsp3) is 0.407. The SMILES string of the molecule is Cc1cc(F)cc(C)c1-c1ccnc2cc(O[C@H](C)C(=O)N3C(C)CCCC3C)ccc12. The summed E-state index contributed by atoms with van der Waals surface area (Å²) in [4.78, 5) is 19.6. The second kappa shape index (κ2) is 8.89. The molecular weight excluding hydrogens is 403 g/mol. The van der Waals surface area contributed by atoms with Crippen LogP contribution in [0.3, 0.4) is 0 Å². The van der Waals surface area contributed by atoms with Crippen molar-refractivity contribution >= 4 is 16.8 Å². The van der Waals surface area contributed by atoms with E-state index < -0.39 is 6.10 Å². The van der Waals surface area contributed by atoms with Crippen LogP contribution in [0.25, 0.3) is 22.0 Å². The van der Waals surface area contributed by atoms with Gasteiger partial charge in [0.2, 0.25) is 0 Å². The largest absolute Gasteiger partial charge is 0.481 e. The van der Waals surface area contributed by atoms with E-state index in [4.69, 9.17) is 4.74 Å². The summed E-state index contributed by atoms with van der Waals surface area (Å²) in [6.07, 6.45) is 4.42. The average Bonchev–Trinajstić information content (AvgIpc) is 2.72. The molecule has 0 saturated carbocycles. The number of hydrogen-bond acceptors (Lipinski definition) is 3. The molecule has 0 spiro atoms. The van der Waals surface area contributed by atoms with Crippen molar-refractivity contribution in [2.24, 2.45) is 0 Å². The van der Waals surface area contributed by atoms with Gasteiger partial charge < -0.3 is 9.64 Å². The third kappa shape index (κ3) is 4.21. The van der Waals surface area contributed by atoms with Crippen LogP contribution < -0.4 is 4.74 Å². The summed E-state index contributed by atoms with van der Waals surface area (Å²) >= 11 is 0. The Kier molecular flexibility index (Phi) is 6.18. The van der Waals surface area contributed by atoms with E-state index in [1.807, 2.05) is 49.9 Å². The Morgan fingerprint density at radius 2 is 1.75 bits per heavy atom. The molecule has 0 radical (unpaired) electrons. The van der Waals surface area contributed by atoms with Crippen LogP contribution in [0.15, 0.2) is 42.6 Å². The number of hydrogen-bond donors (Lipinski definition) is 0. The molecule has 0 bridgehead atoms. The number of benzene rings is 2. The van der Waals surface area contributed by atoms with Crippen molar-refractivity contribution in [1.29, 1.82) is 0 Å². The molecule has 32 heavy (non-hydrogen) atoms. The Morgan fingerprint density at radius 3 is 2.41 bits per heavy atom. The third-order valence-corrected chi connectivity index (χ3v) is 6.59. The highest BCUT2D eigenvalue weighted by molar-refractivity contribution is 5.96. The molecule has 3 aromatic rings. The van der Waals surface area contributed by atoms with Crippen molar-refractivity contribution in [3.8, 4) is 16.9 Å². The van der Waals surface area contributed by atoms with Crippen LogP contribution >= 0.6 is 0 Å². The lowest BCUT2D eigenvalue weighted by molar-refractivity contribution is -0.144. The van der Waals surface area contributed by atoms with Crippen molar-refractivity contribution < 1.29 is 13.9 Å². The second-order valence-electron chi connectivity index (χ2n) is 9.09. The first kappa shape index (κ1) is 22.3. The normalized spacial score (nSPS) is 19.8. The Hall–Kier alpha value is -2.95. The molecule has 168 valence electrons. The number of carbonyl (C=O) groups excluding carboxylic acids is 1. The van der Waals surface area contributed by atoms with Gasteiger partial charge in [0.1, 0.15) is 11.6 Å². The highest BCUT2D eigenvalue weighted by Gasteiger charge is 2.32. The maximum absolute atomic E-state index is 13.8. The number of fused-ring (bicyclic) bond motifs is 1. The zero-order chi connectivity index (χ0) is 23.0. The fourth-order valence-corrected chi connectivity index (χ4v) is 5.07. The topological polar surface area (TPSA) is 42.4 Å². The molecule has 0 aliphatic carbocycles. The standard InChI is InChI=1S/C27H31FN2O2/c1-16-13-21(28)14-17(2)26(16)24-11-12-29-25-15-22(9-10-23(24)25)32-20(5)27(31)30-18(3)7-6-8-19(30)4/h9-15,18-20H,6-8H2,1-5H3/t18?,19?,20-/m1/s1. The molecule has 1 saturated heterocycles. The van der Waals surface area contributed by atoms with Crippen LogP contribution in [-0.4, -0.2) is 34.0 Å². The van der Waals surface area contributed by atoms with Gasteiger partial charge in [-0.25, -0.2) is 4.39 Å². The highest BCUT2D eigenvalue weighted by Crippen LogP contribution is 2.34. The Labute approximate surface area is 189 Å². The molecule has 3 atom stereocenters. The van der Waals surface area contributed by atoms with Crippen LogP contribution in [0.4, 0.5) is 4.39 Å². The number of halogens is 1. The molecule has 1 amide bonds. The maximum atomic E-state index is 13.8. The number of nitrogens with zero attached hydrogens (tertiary/aromatic N) is 2. The number of amides is 1. The Balaban J connectivity index is 1.62. The van der Waals surface area contributed by atoms with Gasteiger partial charge in [-0.15, -0.1) is 0 Å². The molecule has 2 heterocycles. The maximum Gasteiger partial charge on any atom is 0.263 e. The predicted octanol–water partition coefficient (Wildman–Crippen LogP) is 6.21. The zero-order valence-corrected chi connectivity index (χ0v) is 19.5. The number of rotatable bonds is 4. The molecule has 1 fully saturated rings. The average molecular weight is 435 g/mol. The molecule has 1 aromatic heterocycles. The van der Waals surface area contributed by atoms with E-state index in [9.17, 15) is 9.18 Å². The zero-order valence-electron chi connectivity index (χ0n) is 19.5. The Bertz CT molecular complexity index is 1130. The van der Waals surface area contributed by atoms with E-state index in [0.717, 1.165) is 52.4 Å². The van der Waals surface area contributed by atoms with Crippen LogP contribution in [0.5, 0.6) is 5.75 Å². The minimum absolute atomic E-state index is 0.0315. The monoisotopic (exact) mass is 434 g/mol. The predicted molar refractivity (Wildman–Crippen MR) is 126 cm³/mol. The summed E-state index contributed by atoms with van der Waals surface area (Å²) in [6, 6.07) is 11.3. The first-order chi connectivity index (χ1) is 15.3. The van der Waals surface area contributed by atoms with E-state index >= 15 is 0 Å². The molecule has 0 N–H and O–H groups in total. The number of aromatic nitrogens is 1. The summed E-state index contributed by atoms with van der Waals surface area (Å²) < 4.78 is 19.9. The third-order valence-electron chi connectivity index (χ3n) is 6.59.